The fourth-order valence-corrected chi connectivity index (χ4v) is 6.19. The third-order valence-corrected chi connectivity index (χ3v) is 7.83. The van der Waals surface area contributed by atoms with Crippen LogP contribution in [0.15, 0.2) is 29.0 Å². The molecule has 0 atom stereocenters. The van der Waals surface area contributed by atoms with Gasteiger partial charge in [0.25, 0.3) is 5.91 Å². The van der Waals surface area contributed by atoms with Crippen LogP contribution in [0.3, 0.4) is 0 Å². The number of hydrogen-bond donors (Lipinski definition) is 0. The summed E-state index contributed by atoms with van der Waals surface area (Å²) in [6, 6.07) is 6.20. The number of rotatable bonds is 2. The molecule has 3 aromatic rings. The van der Waals surface area contributed by atoms with Crippen molar-refractivity contribution >= 4 is 28.6 Å². The summed E-state index contributed by atoms with van der Waals surface area (Å²) in [5.74, 6) is 2.19. The molecule has 5 heterocycles. The Morgan fingerprint density at radius 3 is 2.64 bits per heavy atom. The van der Waals surface area contributed by atoms with Crippen molar-refractivity contribution in [1.29, 1.82) is 0 Å². The van der Waals surface area contributed by atoms with E-state index in [1.165, 1.54) is 0 Å². The number of amides is 1. The minimum atomic E-state index is -0.0492. The van der Waals surface area contributed by atoms with Crippen molar-refractivity contribution in [2.75, 3.05) is 26.7 Å². The van der Waals surface area contributed by atoms with Crippen LogP contribution in [0.25, 0.3) is 10.7 Å². The minimum Gasteiger partial charge on any atom is -0.338 e. The van der Waals surface area contributed by atoms with Gasteiger partial charge < -0.3 is 9.47 Å². The van der Waals surface area contributed by atoms with Gasteiger partial charge >= 0.3 is 0 Å². The maximum Gasteiger partial charge on any atom is 0.264 e. The molecule has 6 nitrogen and oxygen atoms in total. The third kappa shape index (κ3) is 2.82. The Morgan fingerprint density at radius 2 is 1.96 bits per heavy atom. The van der Waals surface area contributed by atoms with Crippen molar-refractivity contribution in [2.24, 2.45) is 0 Å². The maximum atomic E-state index is 13.0. The molecular weight excluding hydrogens is 390 g/mol. The standard InChI is InChI=1S/C20H23N5OS2/c1-14-5-11-28-17(14)19(26)24-8-6-20(7-9-24)13-23(2)12-16-21-22-18(25(16)20)15-4-3-10-27-15/h3-5,10-11H,6-9,12-13H2,1-2H3. The third-order valence-electron chi connectivity index (χ3n) is 5.96. The van der Waals surface area contributed by atoms with Crippen LogP contribution in [0.4, 0.5) is 0 Å². The molecule has 0 aromatic carbocycles. The molecule has 0 bridgehead atoms. The second-order valence-electron chi connectivity index (χ2n) is 7.87. The van der Waals surface area contributed by atoms with Gasteiger partial charge in [0.1, 0.15) is 5.82 Å². The molecular formula is C20H23N5OS2. The van der Waals surface area contributed by atoms with Gasteiger partial charge in [-0.15, -0.1) is 32.9 Å². The fraction of sp³-hybridized carbons (Fsp3) is 0.450. The minimum absolute atomic E-state index is 0.0492. The lowest BCUT2D eigenvalue weighted by molar-refractivity contribution is 0.0413. The van der Waals surface area contributed by atoms with Gasteiger partial charge in [0.05, 0.1) is 21.8 Å². The summed E-state index contributed by atoms with van der Waals surface area (Å²) in [6.45, 7) is 5.34. The Hall–Kier alpha value is -2.03. The highest BCUT2D eigenvalue weighted by Crippen LogP contribution is 2.40. The largest absolute Gasteiger partial charge is 0.338 e. The van der Waals surface area contributed by atoms with E-state index < -0.39 is 0 Å². The van der Waals surface area contributed by atoms with E-state index >= 15 is 0 Å². The van der Waals surface area contributed by atoms with Gasteiger partial charge in [-0.25, -0.2) is 0 Å². The zero-order valence-electron chi connectivity index (χ0n) is 16.1. The molecule has 8 heteroatoms. The van der Waals surface area contributed by atoms with Crippen LogP contribution in [0.5, 0.6) is 0 Å². The number of nitrogens with zero attached hydrogens (tertiary/aromatic N) is 5. The number of fused-ring (bicyclic) bond motifs is 2. The molecule has 1 spiro atoms. The number of aromatic nitrogens is 3. The highest BCUT2D eigenvalue weighted by molar-refractivity contribution is 7.13. The Morgan fingerprint density at radius 1 is 1.14 bits per heavy atom. The molecule has 0 aliphatic carbocycles. The quantitative estimate of drug-likeness (QED) is 0.646. The van der Waals surface area contributed by atoms with E-state index in [4.69, 9.17) is 0 Å². The average molecular weight is 414 g/mol. The smallest absolute Gasteiger partial charge is 0.264 e. The second-order valence-corrected chi connectivity index (χ2v) is 9.74. The predicted molar refractivity (Wildman–Crippen MR) is 112 cm³/mol. The van der Waals surface area contributed by atoms with Crippen LogP contribution in [0.2, 0.25) is 0 Å². The van der Waals surface area contributed by atoms with Gasteiger partial charge in [0, 0.05) is 19.6 Å². The van der Waals surface area contributed by atoms with Gasteiger partial charge in [0.2, 0.25) is 0 Å². The highest BCUT2D eigenvalue weighted by Gasteiger charge is 2.44. The normalized spacial score (nSPS) is 19.1. The Balaban J connectivity index is 1.45. The molecule has 28 heavy (non-hydrogen) atoms. The lowest BCUT2D eigenvalue weighted by Crippen LogP contribution is -2.56. The summed E-state index contributed by atoms with van der Waals surface area (Å²) in [5.41, 5.74) is 1.03. The molecule has 1 fully saturated rings. The first-order valence-electron chi connectivity index (χ1n) is 9.58. The van der Waals surface area contributed by atoms with Crippen molar-refractivity contribution in [3.05, 3.63) is 45.2 Å². The first-order valence-corrected chi connectivity index (χ1v) is 11.3. The first-order chi connectivity index (χ1) is 13.6. The summed E-state index contributed by atoms with van der Waals surface area (Å²) in [6.07, 6.45) is 1.85. The van der Waals surface area contributed by atoms with E-state index in [-0.39, 0.29) is 11.4 Å². The van der Waals surface area contributed by atoms with E-state index in [0.717, 1.165) is 66.0 Å². The average Bonchev–Trinajstić information content (AvgIpc) is 3.41. The van der Waals surface area contributed by atoms with E-state index in [2.05, 4.69) is 44.2 Å². The van der Waals surface area contributed by atoms with Crippen molar-refractivity contribution < 1.29 is 4.79 Å². The monoisotopic (exact) mass is 413 g/mol. The summed E-state index contributed by atoms with van der Waals surface area (Å²) in [7, 11) is 2.15. The van der Waals surface area contributed by atoms with Crippen LogP contribution in [-0.2, 0) is 12.1 Å². The molecule has 5 rings (SSSR count). The molecule has 1 saturated heterocycles. The zero-order chi connectivity index (χ0) is 19.3. The van der Waals surface area contributed by atoms with Crippen molar-refractivity contribution in [2.45, 2.75) is 31.8 Å². The molecule has 2 aliphatic rings. The van der Waals surface area contributed by atoms with Crippen LogP contribution < -0.4 is 0 Å². The second kappa shape index (κ2) is 6.79. The fourth-order valence-electron chi connectivity index (χ4n) is 4.60. The SMILES string of the molecule is Cc1ccsc1C(=O)N1CCC2(CC1)CN(C)Cc1nnc(-c3cccs3)n12. The lowest BCUT2D eigenvalue weighted by Gasteiger charge is -2.48. The molecule has 2 aliphatic heterocycles. The van der Waals surface area contributed by atoms with E-state index in [1.54, 1.807) is 22.7 Å². The zero-order valence-corrected chi connectivity index (χ0v) is 17.7. The summed E-state index contributed by atoms with van der Waals surface area (Å²) in [5, 5.41) is 13.2. The predicted octanol–water partition coefficient (Wildman–Crippen LogP) is 3.45. The highest BCUT2D eigenvalue weighted by atomic mass is 32.1. The number of piperidine rings is 1. The van der Waals surface area contributed by atoms with Crippen LogP contribution in [0, 0.1) is 6.92 Å². The Labute approximate surface area is 172 Å². The number of carbonyl (C=O) groups is 1. The lowest BCUT2D eigenvalue weighted by atomic mass is 9.84. The number of aryl methyl sites for hydroxylation is 1. The molecule has 0 radical (unpaired) electrons. The number of thiophene rings is 2. The molecule has 0 N–H and O–H groups in total. The molecule has 0 saturated carbocycles. The van der Waals surface area contributed by atoms with Gasteiger partial charge in [-0.2, -0.15) is 0 Å². The van der Waals surface area contributed by atoms with Crippen LogP contribution in [0.1, 0.15) is 33.9 Å². The van der Waals surface area contributed by atoms with Gasteiger partial charge in [-0.3, -0.25) is 9.69 Å². The summed E-state index contributed by atoms with van der Waals surface area (Å²) >= 11 is 3.25. The summed E-state index contributed by atoms with van der Waals surface area (Å²) < 4.78 is 2.39. The van der Waals surface area contributed by atoms with Gasteiger partial charge in [0.15, 0.2) is 5.82 Å². The first kappa shape index (κ1) is 18.0. The molecule has 1 amide bonds. The topological polar surface area (TPSA) is 54.3 Å². The molecule has 3 aromatic heterocycles. The Kier molecular flexibility index (Phi) is 4.37. The van der Waals surface area contributed by atoms with Crippen molar-refractivity contribution in [3.8, 4) is 10.7 Å². The van der Waals surface area contributed by atoms with Gasteiger partial charge in [-0.05, 0) is 55.3 Å². The Bertz CT molecular complexity index is 998. The van der Waals surface area contributed by atoms with Crippen LogP contribution in [-0.4, -0.2) is 57.2 Å². The number of carbonyl (C=O) groups excluding carboxylic acids is 1. The van der Waals surface area contributed by atoms with E-state index in [0.29, 0.717) is 0 Å². The van der Waals surface area contributed by atoms with Crippen molar-refractivity contribution in [1.82, 2.24) is 24.6 Å². The number of likely N-dealkylation sites (tertiary alicyclic amines) is 1. The summed E-state index contributed by atoms with van der Waals surface area (Å²) in [4.78, 5) is 19.4. The molecule has 146 valence electrons. The van der Waals surface area contributed by atoms with Crippen LogP contribution >= 0.6 is 22.7 Å². The van der Waals surface area contributed by atoms with Gasteiger partial charge in [-0.1, -0.05) is 6.07 Å². The van der Waals surface area contributed by atoms with E-state index in [1.807, 2.05) is 23.3 Å². The maximum absolute atomic E-state index is 13.0. The molecule has 0 unspecified atom stereocenters. The van der Waals surface area contributed by atoms with E-state index in [9.17, 15) is 4.79 Å². The van der Waals surface area contributed by atoms with Crippen molar-refractivity contribution in [3.63, 3.8) is 0 Å². The number of likely N-dealkylation sites (N-methyl/N-ethyl adjacent to an activating group) is 1. The number of hydrogen-bond acceptors (Lipinski definition) is 6.